The molecule has 0 unspecified atom stereocenters. The highest BCUT2D eigenvalue weighted by Crippen LogP contribution is 2.46. The fourth-order valence-corrected chi connectivity index (χ4v) is 12.3. The molecular formula is C63H37N5S. The lowest BCUT2D eigenvalue weighted by Gasteiger charge is -2.16. The van der Waals surface area contributed by atoms with Crippen LogP contribution in [0.1, 0.15) is 0 Å². The predicted octanol–water partition coefficient (Wildman–Crippen LogP) is 16.9. The van der Waals surface area contributed by atoms with Crippen LogP contribution in [0, 0.1) is 0 Å². The second-order valence-corrected chi connectivity index (χ2v) is 19.0. The lowest BCUT2D eigenvalue weighted by molar-refractivity contribution is 0.954. The van der Waals surface area contributed by atoms with Gasteiger partial charge in [-0.2, -0.15) is 9.97 Å². The first-order chi connectivity index (χ1) is 34.2. The number of rotatable bonds is 5. The normalized spacial score (nSPS) is 12.1. The van der Waals surface area contributed by atoms with E-state index in [0.717, 1.165) is 60.4 Å². The largest absolute Gasteiger partial charge is 0.306 e. The number of hydrogen-bond acceptors (Lipinski definition) is 4. The summed E-state index contributed by atoms with van der Waals surface area (Å²) >= 11 is 1.86. The molecule has 0 amide bonds. The summed E-state index contributed by atoms with van der Waals surface area (Å²) in [6, 6.07) is 80.9. The van der Waals surface area contributed by atoms with Crippen LogP contribution in [0.3, 0.4) is 0 Å². The van der Waals surface area contributed by atoms with Crippen molar-refractivity contribution in [2.75, 3.05) is 0 Å². The van der Waals surface area contributed by atoms with Gasteiger partial charge in [0.25, 0.3) is 0 Å². The molecule has 0 radical (unpaired) electrons. The van der Waals surface area contributed by atoms with Crippen LogP contribution in [0.5, 0.6) is 0 Å². The van der Waals surface area contributed by atoms with E-state index in [4.69, 9.17) is 15.0 Å². The molecule has 0 atom stereocenters. The van der Waals surface area contributed by atoms with E-state index >= 15 is 0 Å². The average molecular weight is 896 g/mol. The molecule has 0 N–H and O–H groups in total. The number of para-hydroxylation sites is 2. The Labute approximate surface area is 399 Å². The fourth-order valence-electron chi connectivity index (χ4n) is 11.1. The SMILES string of the molecule is c1ccc(-c2cc(-n3c4ccccc4c4ccc5c6ccccc6n(-c6nc(-c7ccccc7)nc(-c7ccc8c9ccccc9c9ccccc9c8c7)n6)c5c43)c3c(c2)sc2ccccc23)cc1. The number of fused-ring (bicyclic) bond motifs is 16. The summed E-state index contributed by atoms with van der Waals surface area (Å²) in [5.41, 5.74) is 9.62. The number of hydrogen-bond donors (Lipinski definition) is 0. The van der Waals surface area contributed by atoms with Crippen molar-refractivity contribution in [1.29, 1.82) is 0 Å². The Morgan fingerprint density at radius 3 is 1.42 bits per heavy atom. The van der Waals surface area contributed by atoms with Crippen molar-refractivity contribution in [2.24, 2.45) is 0 Å². The minimum Gasteiger partial charge on any atom is -0.306 e. The second kappa shape index (κ2) is 14.8. The average Bonchev–Trinajstić information content (AvgIpc) is 4.09. The molecule has 0 aliphatic heterocycles. The van der Waals surface area contributed by atoms with E-state index in [0.29, 0.717) is 17.6 Å². The summed E-state index contributed by atoms with van der Waals surface area (Å²) in [6.45, 7) is 0. The third-order valence-electron chi connectivity index (χ3n) is 14.1. The zero-order valence-electron chi connectivity index (χ0n) is 37.0. The molecule has 11 aromatic carbocycles. The molecule has 4 aromatic heterocycles. The molecule has 69 heavy (non-hydrogen) atoms. The van der Waals surface area contributed by atoms with Crippen LogP contribution in [-0.2, 0) is 0 Å². The van der Waals surface area contributed by atoms with Crippen LogP contribution >= 0.6 is 11.3 Å². The molecule has 15 rings (SSSR count). The van der Waals surface area contributed by atoms with Crippen LogP contribution < -0.4 is 0 Å². The zero-order chi connectivity index (χ0) is 45.2. The third kappa shape index (κ3) is 5.67. The van der Waals surface area contributed by atoms with Crippen molar-refractivity contribution < 1.29 is 0 Å². The Balaban J connectivity index is 1.08. The third-order valence-corrected chi connectivity index (χ3v) is 15.3. The first-order valence-corrected chi connectivity index (χ1v) is 24.2. The maximum Gasteiger partial charge on any atom is 0.238 e. The first kappa shape index (κ1) is 38.2. The van der Waals surface area contributed by atoms with Gasteiger partial charge >= 0.3 is 0 Å². The van der Waals surface area contributed by atoms with Gasteiger partial charge in [0.15, 0.2) is 11.6 Å². The van der Waals surface area contributed by atoms with E-state index in [-0.39, 0.29) is 0 Å². The first-order valence-electron chi connectivity index (χ1n) is 23.4. The fraction of sp³-hybridized carbons (Fsp3) is 0. The molecule has 0 spiro atoms. The molecule has 0 aliphatic rings. The maximum atomic E-state index is 5.55. The zero-order valence-corrected chi connectivity index (χ0v) is 37.8. The van der Waals surface area contributed by atoms with E-state index in [1.807, 2.05) is 29.5 Å². The summed E-state index contributed by atoms with van der Waals surface area (Å²) < 4.78 is 7.33. The highest BCUT2D eigenvalue weighted by molar-refractivity contribution is 7.26. The van der Waals surface area contributed by atoms with Crippen LogP contribution in [0.15, 0.2) is 224 Å². The van der Waals surface area contributed by atoms with Gasteiger partial charge in [-0.15, -0.1) is 11.3 Å². The lowest BCUT2D eigenvalue weighted by Crippen LogP contribution is -2.07. The molecule has 0 saturated heterocycles. The van der Waals surface area contributed by atoms with Gasteiger partial charge in [-0.25, -0.2) is 4.98 Å². The van der Waals surface area contributed by atoms with Gasteiger partial charge in [0, 0.05) is 52.8 Å². The summed E-state index contributed by atoms with van der Waals surface area (Å²) in [5.74, 6) is 1.78. The van der Waals surface area contributed by atoms with E-state index in [1.54, 1.807) is 0 Å². The molecule has 15 aromatic rings. The van der Waals surface area contributed by atoms with Crippen LogP contribution in [-0.4, -0.2) is 24.1 Å². The van der Waals surface area contributed by atoms with E-state index in [9.17, 15) is 0 Å². The topological polar surface area (TPSA) is 48.5 Å². The van der Waals surface area contributed by atoms with Crippen molar-refractivity contribution >= 4 is 107 Å². The Morgan fingerprint density at radius 1 is 0.290 bits per heavy atom. The van der Waals surface area contributed by atoms with E-state index in [2.05, 4.69) is 215 Å². The molecule has 0 fully saturated rings. The molecule has 0 bridgehead atoms. The number of aromatic nitrogens is 5. The predicted molar refractivity (Wildman–Crippen MR) is 290 cm³/mol. The molecule has 0 aliphatic carbocycles. The van der Waals surface area contributed by atoms with Gasteiger partial charge in [-0.1, -0.05) is 188 Å². The van der Waals surface area contributed by atoms with Gasteiger partial charge in [-0.05, 0) is 79.8 Å². The number of benzene rings is 11. The number of thiophene rings is 1. The van der Waals surface area contributed by atoms with Crippen LogP contribution in [0.25, 0.3) is 142 Å². The highest BCUT2D eigenvalue weighted by Gasteiger charge is 2.25. The maximum absolute atomic E-state index is 5.55. The minimum atomic E-state index is 0.557. The quantitative estimate of drug-likeness (QED) is 0.162. The summed E-state index contributed by atoms with van der Waals surface area (Å²) in [7, 11) is 0. The summed E-state index contributed by atoms with van der Waals surface area (Å²) in [4.78, 5) is 16.3. The summed E-state index contributed by atoms with van der Waals surface area (Å²) in [5, 5.41) is 14.3. The Bertz CT molecular complexity index is 4570. The van der Waals surface area contributed by atoms with Crippen molar-refractivity contribution in [3.8, 4) is 45.5 Å². The van der Waals surface area contributed by atoms with Gasteiger partial charge in [0.2, 0.25) is 5.95 Å². The van der Waals surface area contributed by atoms with Crippen LogP contribution in [0.2, 0.25) is 0 Å². The molecule has 6 heteroatoms. The lowest BCUT2D eigenvalue weighted by atomic mass is 9.93. The highest BCUT2D eigenvalue weighted by atomic mass is 32.1. The molecule has 320 valence electrons. The molecule has 0 saturated carbocycles. The second-order valence-electron chi connectivity index (χ2n) is 17.9. The molecule has 4 heterocycles. The molecule has 5 nitrogen and oxygen atoms in total. The van der Waals surface area contributed by atoms with Gasteiger partial charge in [-0.3, -0.25) is 4.57 Å². The molecular weight excluding hydrogens is 859 g/mol. The monoisotopic (exact) mass is 895 g/mol. The van der Waals surface area contributed by atoms with Crippen molar-refractivity contribution in [3.05, 3.63) is 224 Å². The Kier molecular flexibility index (Phi) is 8.17. The van der Waals surface area contributed by atoms with Crippen molar-refractivity contribution in [3.63, 3.8) is 0 Å². The van der Waals surface area contributed by atoms with Crippen molar-refractivity contribution in [1.82, 2.24) is 24.1 Å². The van der Waals surface area contributed by atoms with Crippen LogP contribution in [0.4, 0.5) is 0 Å². The standard InChI is InChI=1S/C63H37N5S/c1-3-17-38(18-4-1)41-36-55(58-51-27-13-16-30-56(51)69-57(58)37-41)67-53-28-14-11-25-47(53)49-33-34-50-48-26-12-15-29-54(48)68(60(50)59(49)67)63-65-61(39-19-5-2-6-20-39)64-62(66-63)40-31-32-46-44-23-8-7-21-42(44)43-22-9-10-24-45(43)52(46)35-40/h1-37H. The minimum absolute atomic E-state index is 0.557. The number of nitrogens with zero attached hydrogens (tertiary/aromatic N) is 5. The van der Waals surface area contributed by atoms with E-state index < -0.39 is 0 Å². The van der Waals surface area contributed by atoms with Gasteiger partial charge < -0.3 is 4.57 Å². The van der Waals surface area contributed by atoms with Gasteiger partial charge in [0.1, 0.15) is 0 Å². The Morgan fingerprint density at radius 2 is 0.768 bits per heavy atom. The smallest absolute Gasteiger partial charge is 0.238 e. The van der Waals surface area contributed by atoms with Gasteiger partial charge in [0.05, 0.1) is 27.8 Å². The van der Waals surface area contributed by atoms with E-state index in [1.165, 1.54) is 63.6 Å². The Hall–Kier alpha value is -8.97. The van der Waals surface area contributed by atoms with Crippen molar-refractivity contribution in [2.45, 2.75) is 0 Å². The summed E-state index contributed by atoms with van der Waals surface area (Å²) in [6.07, 6.45) is 0.